The van der Waals surface area contributed by atoms with E-state index in [1.807, 2.05) is 0 Å². The lowest BCUT2D eigenvalue weighted by Gasteiger charge is -2.39. The van der Waals surface area contributed by atoms with Gasteiger partial charge in [-0.25, -0.2) is 0 Å². The number of anilines is 1. The summed E-state index contributed by atoms with van der Waals surface area (Å²) in [6, 6.07) is 9.47. The molecule has 1 aromatic carbocycles. The SMILES string of the molecule is CC1CC(N2CC(CCN)c3ccccc32)CC(C)O1. The van der Waals surface area contributed by atoms with Crippen molar-refractivity contribution in [3.8, 4) is 0 Å². The number of hydrogen-bond donors (Lipinski definition) is 1. The molecule has 0 aromatic heterocycles. The zero-order valence-corrected chi connectivity index (χ0v) is 12.6. The van der Waals surface area contributed by atoms with Gasteiger partial charge in [0.1, 0.15) is 0 Å². The average molecular weight is 274 g/mol. The molecule has 2 N–H and O–H groups in total. The Balaban J connectivity index is 1.84. The molecule has 0 aliphatic carbocycles. The Kier molecular flexibility index (Phi) is 3.99. The van der Waals surface area contributed by atoms with Gasteiger partial charge in [-0.3, -0.25) is 0 Å². The Morgan fingerprint density at radius 3 is 2.60 bits per heavy atom. The van der Waals surface area contributed by atoms with Crippen molar-refractivity contribution in [2.24, 2.45) is 5.73 Å². The van der Waals surface area contributed by atoms with Gasteiger partial charge in [0.15, 0.2) is 0 Å². The van der Waals surface area contributed by atoms with Crippen LogP contribution >= 0.6 is 0 Å². The van der Waals surface area contributed by atoms with Crippen LogP contribution in [0, 0.1) is 0 Å². The average Bonchev–Trinajstić information content (AvgIpc) is 2.78. The Morgan fingerprint density at radius 2 is 1.90 bits per heavy atom. The number of nitrogens with two attached hydrogens (primary N) is 1. The zero-order chi connectivity index (χ0) is 14.1. The number of ether oxygens (including phenoxy) is 1. The summed E-state index contributed by atoms with van der Waals surface area (Å²) in [5.41, 5.74) is 8.71. The normalized spacial score (nSPS) is 33.2. The first kappa shape index (κ1) is 13.9. The van der Waals surface area contributed by atoms with Crippen LogP contribution in [0.4, 0.5) is 5.69 Å². The highest BCUT2D eigenvalue weighted by Gasteiger charge is 2.35. The van der Waals surface area contributed by atoms with Gasteiger partial charge in [-0.05, 0) is 51.3 Å². The molecule has 0 radical (unpaired) electrons. The first-order valence-corrected chi connectivity index (χ1v) is 7.90. The lowest BCUT2D eigenvalue weighted by Crippen LogP contribution is -2.44. The first-order chi connectivity index (χ1) is 9.69. The first-order valence-electron chi connectivity index (χ1n) is 7.90. The fourth-order valence-electron chi connectivity index (χ4n) is 3.95. The summed E-state index contributed by atoms with van der Waals surface area (Å²) < 4.78 is 5.89. The standard InChI is InChI=1S/C17H26N2O/c1-12-9-15(10-13(2)20-12)19-11-14(7-8-18)16-5-3-4-6-17(16)19/h3-6,12-15H,7-11,18H2,1-2H3. The third kappa shape index (κ3) is 2.57. The molecule has 2 aliphatic rings. The maximum atomic E-state index is 5.89. The van der Waals surface area contributed by atoms with E-state index in [1.165, 1.54) is 11.3 Å². The molecule has 0 bridgehead atoms. The van der Waals surface area contributed by atoms with E-state index in [0.29, 0.717) is 24.2 Å². The predicted molar refractivity (Wildman–Crippen MR) is 83.2 cm³/mol. The number of para-hydroxylation sites is 1. The molecule has 3 heteroatoms. The van der Waals surface area contributed by atoms with E-state index in [-0.39, 0.29) is 0 Å². The van der Waals surface area contributed by atoms with Gasteiger partial charge in [0, 0.05) is 24.2 Å². The fraction of sp³-hybridized carbons (Fsp3) is 0.647. The molecule has 0 saturated carbocycles. The van der Waals surface area contributed by atoms with Crippen LogP contribution in [-0.2, 0) is 4.74 Å². The second kappa shape index (κ2) is 5.74. The van der Waals surface area contributed by atoms with Gasteiger partial charge in [-0.1, -0.05) is 18.2 Å². The van der Waals surface area contributed by atoms with Crippen molar-refractivity contribution in [1.82, 2.24) is 0 Å². The third-order valence-electron chi connectivity index (χ3n) is 4.73. The molecule has 2 aliphatic heterocycles. The van der Waals surface area contributed by atoms with E-state index in [1.54, 1.807) is 0 Å². The molecule has 3 unspecified atom stereocenters. The van der Waals surface area contributed by atoms with Crippen molar-refractivity contribution in [2.75, 3.05) is 18.0 Å². The number of fused-ring (bicyclic) bond motifs is 1. The molecular weight excluding hydrogens is 248 g/mol. The van der Waals surface area contributed by atoms with Crippen LogP contribution in [0.1, 0.15) is 44.6 Å². The van der Waals surface area contributed by atoms with Crippen molar-refractivity contribution < 1.29 is 4.74 Å². The monoisotopic (exact) mass is 274 g/mol. The number of rotatable bonds is 3. The highest BCUT2D eigenvalue weighted by Crippen LogP contribution is 2.41. The second-order valence-electron chi connectivity index (χ2n) is 6.37. The summed E-state index contributed by atoms with van der Waals surface area (Å²) >= 11 is 0. The summed E-state index contributed by atoms with van der Waals surface area (Å²) in [6.45, 7) is 6.29. The van der Waals surface area contributed by atoms with Crippen LogP contribution in [-0.4, -0.2) is 31.3 Å². The van der Waals surface area contributed by atoms with Crippen LogP contribution < -0.4 is 10.6 Å². The van der Waals surface area contributed by atoms with Gasteiger partial charge in [0.05, 0.1) is 12.2 Å². The molecule has 20 heavy (non-hydrogen) atoms. The number of hydrogen-bond acceptors (Lipinski definition) is 3. The summed E-state index contributed by atoms with van der Waals surface area (Å²) in [6.07, 6.45) is 4.08. The minimum atomic E-state index is 0.365. The summed E-state index contributed by atoms with van der Waals surface area (Å²) in [5, 5.41) is 0. The van der Waals surface area contributed by atoms with E-state index in [9.17, 15) is 0 Å². The van der Waals surface area contributed by atoms with Gasteiger partial charge in [-0.15, -0.1) is 0 Å². The third-order valence-corrected chi connectivity index (χ3v) is 4.73. The molecule has 3 nitrogen and oxygen atoms in total. The van der Waals surface area contributed by atoms with Gasteiger partial charge in [0.2, 0.25) is 0 Å². The van der Waals surface area contributed by atoms with Crippen LogP contribution in [0.15, 0.2) is 24.3 Å². The van der Waals surface area contributed by atoms with E-state index in [0.717, 1.165) is 32.4 Å². The van der Waals surface area contributed by atoms with E-state index >= 15 is 0 Å². The van der Waals surface area contributed by atoms with Crippen LogP contribution in [0.5, 0.6) is 0 Å². The molecule has 3 rings (SSSR count). The topological polar surface area (TPSA) is 38.5 Å². The Morgan fingerprint density at radius 1 is 1.20 bits per heavy atom. The smallest absolute Gasteiger partial charge is 0.0570 e. The largest absolute Gasteiger partial charge is 0.375 e. The van der Waals surface area contributed by atoms with Crippen molar-refractivity contribution in [3.63, 3.8) is 0 Å². The number of benzene rings is 1. The molecule has 0 spiro atoms. The van der Waals surface area contributed by atoms with E-state index < -0.39 is 0 Å². The highest BCUT2D eigenvalue weighted by molar-refractivity contribution is 5.61. The molecule has 110 valence electrons. The molecule has 3 atom stereocenters. The minimum absolute atomic E-state index is 0.365. The van der Waals surface area contributed by atoms with E-state index in [2.05, 4.69) is 43.0 Å². The summed E-state index contributed by atoms with van der Waals surface area (Å²) in [4.78, 5) is 2.62. The Bertz CT molecular complexity index is 452. The molecule has 1 aromatic rings. The summed E-state index contributed by atoms with van der Waals surface area (Å²) in [5.74, 6) is 0.602. The lowest BCUT2D eigenvalue weighted by molar-refractivity contribution is -0.0376. The fourth-order valence-corrected chi connectivity index (χ4v) is 3.95. The zero-order valence-electron chi connectivity index (χ0n) is 12.6. The van der Waals surface area contributed by atoms with Gasteiger partial charge >= 0.3 is 0 Å². The molecule has 1 saturated heterocycles. The number of nitrogens with zero attached hydrogens (tertiary/aromatic N) is 1. The Labute approximate surface area is 122 Å². The quantitative estimate of drug-likeness (QED) is 0.921. The lowest BCUT2D eigenvalue weighted by atomic mass is 9.98. The summed E-state index contributed by atoms with van der Waals surface area (Å²) in [7, 11) is 0. The second-order valence-corrected chi connectivity index (χ2v) is 6.37. The van der Waals surface area contributed by atoms with Crippen molar-refractivity contribution in [1.29, 1.82) is 0 Å². The maximum Gasteiger partial charge on any atom is 0.0570 e. The maximum absolute atomic E-state index is 5.89. The van der Waals surface area contributed by atoms with Crippen molar-refractivity contribution >= 4 is 5.69 Å². The minimum Gasteiger partial charge on any atom is -0.375 e. The van der Waals surface area contributed by atoms with Crippen LogP contribution in [0.25, 0.3) is 0 Å². The highest BCUT2D eigenvalue weighted by atomic mass is 16.5. The van der Waals surface area contributed by atoms with Crippen LogP contribution in [0.2, 0.25) is 0 Å². The van der Waals surface area contributed by atoms with E-state index in [4.69, 9.17) is 10.5 Å². The van der Waals surface area contributed by atoms with Gasteiger partial charge < -0.3 is 15.4 Å². The Hall–Kier alpha value is -1.06. The van der Waals surface area contributed by atoms with Gasteiger partial charge in [0.25, 0.3) is 0 Å². The van der Waals surface area contributed by atoms with Crippen LogP contribution in [0.3, 0.4) is 0 Å². The van der Waals surface area contributed by atoms with Crippen molar-refractivity contribution in [3.05, 3.63) is 29.8 Å². The van der Waals surface area contributed by atoms with Crippen molar-refractivity contribution in [2.45, 2.75) is 57.3 Å². The molecule has 2 heterocycles. The van der Waals surface area contributed by atoms with Gasteiger partial charge in [-0.2, -0.15) is 0 Å². The predicted octanol–water partition coefficient (Wildman–Crippen LogP) is 2.90. The molecular formula is C17H26N2O. The molecule has 0 amide bonds. The molecule has 1 fully saturated rings.